The number of methoxy groups -OCH3 is 3. The number of allylic oxidation sites excluding steroid dienone is 3. The van der Waals surface area contributed by atoms with Crippen LogP contribution in [-0.4, -0.2) is 98.0 Å². The molecule has 0 radical (unpaired) electrons. The molecule has 0 saturated carbocycles. The molecule has 1 atom stereocenters. The second-order valence-corrected chi connectivity index (χ2v) is 15.4. The second-order valence-electron chi connectivity index (χ2n) is 14.0. The van der Waals surface area contributed by atoms with Crippen LogP contribution in [-0.2, 0) is 44.7 Å². The normalized spacial score (nSPS) is 17.1. The van der Waals surface area contributed by atoms with Gasteiger partial charge in [-0.3, -0.25) is 4.79 Å². The number of carboxylic acids is 1. The molecule has 1 N–H and O–H groups in total. The Bertz CT molecular complexity index is 1900. The summed E-state index contributed by atoms with van der Waals surface area (Å²) in [4.78, 5) is 12.7. The fourth-order valence-corrected chi connectivity index (χ4v) is 7.01. The van der Waals surface area contributed by atoms with E-state index in [0.717, 1.165) is 33.6 Å². The average Bonchev–Trinajstić information content (AvgIpc) is 3.32. The number of nitrogens with zero attached hydrogens (tertiary/aromatic N) is 2. The minimum Gasteiger partial charge on any atom is -0.744 e. The summed E-state index contributed by atoms with van der Waals surface area (Å²) in [6.45, 7) is 12.0. The summed E-state index contributed by atoms with van der Waals surface area (Å²) in [5.41, 5.74) is 3.46. The van der Waals surface area contributed by atoms with Crippen LogP contribution in [0.2, 0.25) is 0 Å². The largest absolute Gasteiger partial charge is 0.744 e. The van der Waals surface area contributed by atoms with Gasteiger partial charge in [0, 0.05) is 62.9 Å². The maximum absolute atomic E-state index is 12.1. The number of aliphatic carboxylic acids is 1. The Balaban J connectivity index is 1.84. The number of carboxylic acid groups (broad SMARTS) is 1. The molecule has 1 aromatic carbocycles. The van der Waals surface area contributed by atoms with Crippen LogP contribution in [0.1, 0.15) is 57.4 Å². The molecule has 2 heterocycles. The van der Waals surface area contributed by atoms with Gasteiger partial charge in [-0.1, -0.05) is 26.8 Å². The third-order valence-electron chi connectivity index (χ3n) is 9.31. The summed E-state index contributed by atoms with van der Waals surface area (Å²) >= 11 is 0. The van der Waals surface area contributed by atoms with Crippen molar-refractivity contribution in [3.05, 3.63) is 82.6 Å². The van der Waals surface area contributed by atoms with E-state index in [4.69, 9.17) is 28.5 Å². The second kappa shape index (κ2) is 17.8. The van der Waals surface area contributed by atoms with Gasteiger partial charge in [-0.05, 0) is 72.4 Å². The van der Waals surface area contributed by atoms with Crippen molar-refractivity contribution in [2.75, 3.05) is 78.9 Å². The fraction of sp³-hybridized carbons (Fsp3) is 0.487. The molecule has 0 fully saturated rings. The molecule has 0 aromatic heterocycles. The van der Waals surface area contributed by atoms with Crippen LogP contribution in [0.25, 0.3) is 17.4 Å². The minimum atomic E-state index is -4.71. The summed E-state index contributed by atoms with van der Waals surface area (Å²) in [6, 6.07) is 12.7. The Hall–Kier alpha value is -3.85. The van der Waals surface area contributed by atoms with Crippen LogP contribution < -0.4 is 14.8 Å². The highest BCUT2D eigenvalue weighted by atomic mass is 32.2. The van der Waals surface area contributed by atoms with Crippen LogP contribution in [0.5, 0.6) is 0 Å². The van der Waals surface area contributed by atoms with E-state index < -0.39 is 21.5 Å². The Morgan fingerprint density at radius 3 is 2.29 bits per heavy atom. The molecule has 13 heteroatoms. The predicted molar refractivity (Wildman–Crippen MR) is 199 cm³/mol. The van der Waals surface area contributed by atoms with E-state index in [9.17, 15) is 17.8 Å². The predicted octanol–water partition coefficient (Wildman–Crippen LogP) is 4.85. The highest BCUT2D eigenvalue weighted by Gasteiger charge is 2.43. The molecular formula is C39H52N2O10S. The summed E-state index contributed by atoms with van der Waals surface area (Å²) in [7, 11) is 0.256. The summed E-state index contributed by atoms with van der Waals surface area (Å²) in [5, 5.41) is 10.0. The van der Waals surface area contributed by atoms with E-state index in [1.807, 2.05) is 30.1 Å². The van der Waals surface area contributed by atoms with Gasteiger partial charge < -0.3 is 37.9 Å². The van der Waals surface area contributed by atoms with Crippen LogP contribution >= 0.6 is 0 Å². The standard InChI is InChI=1S/C39H52N2O10S/c1-38(2,3)32-26-29(51-35-25-28(11-13-31(32)35)40(17-22-48-6)18-23-49-7)9-8-10-36-39(4,16-21-47-5)33-27-30(52(44,45)46)12-14-34(33)41(36)19-24-50-20-15-37(42)43/h8-14,25-27H,15-24H2,1-7H3,(H-,42,43,44,45,46). The summed E-state index contributed by atoms with van der Waals surface area (Å²) in [5.74, 6) is 0.432. The monoisotopic (exact) mass is 740 g/mol. The van der Waals surface area contributed by atoms with Gasteiger partial charge in [-0.2, -0.15) is 0 Å². The number of anilines is 1. The lowest BCUT2D eigenvalue weighted by atomic mass is 9.78. The zero-order valence-corrected chi connectivity index (χ0v) is 32.1. The Morgan fingerprint density at radius 2 is 1.67 bits per heavy atom. The van der Waals surface area contributed by atoms with Crippen LogP contribution in [0, 0.1) is 0 Å². The lowest BCUT2D eigenvalue weighted by Crippen LogP contribution is -2.35. The van der Waals surface area contributed by atoms with Gasteiger partial charge in [0.15, 0.2) is 13.1 Å². The Labute approximate surface area is 307 Å². The quantitative estimate of drug-likeness (QED) is 0.108. The van der Waals surface area contributed by atoms with Gasteiger partial charge in [0.05, 0.1) is 30.6 Å². The van der Waals surface area contributed by atoms with E-state index in [2.05, 4.69) is 49.6 Å². The van der Waals surface area contributed by atoms with Crippen molar-refractivity contribution in [1.82, 2.24) is 4.58 Å². The average molecular weight is 741 g/mol. The van der Waals surface area contributed by atoms with Gasteiger partial charge >= 0.3 is 5.97 Å². The number of fused-ring (bicyclic) bond motifs is 2. The molecule has 52 heavy (non-hydrogen) atoms. The lowest BCUT2D eigenvalue weighted by molar-refractivity contribution is -0.138. The number of ether oxygens (including phenoxy) is 4. The molecule has 284 valence electrons. The zero-order valence-electron chi connectivity index (χ0n) is 31.3. The molecule has 0 amide bonds. The van der Waals surface area contributed by atoms with E-state index >= 15 is 0 Å². The molecule has 2 aliphatic heterocycles. The first kappa shape index (κ1) is 40.9. The topological polar surface area (TPSA) is 151 Å². The van der Waals surface area contributed by atoms with E-state index in [0.29, 0.717) is 57.2 Å². The van der Waals surface area contributed by atoms with Crippen molar-refractivity contribution in [2.45, 2.75) is 56.3 Å². The molecule has 1 unspecified atom stereocenters. The Morgan fingerprint density at radius 1 is 0.981 bits per heavy atom. The van der Waals surface area contributed by atoms with E-state index in [1.165, 1.54) is 12.1 Å². The number of rotatable bonds is 18. The third-order valence-corrected chi connectivity index (χ3v) is 10.1. The summed E-state index contributed by atoms with van der Waals surface area (Å²) in [6.07, 6.45) is 6.14. The molecule has 0 bridgehead atoms. The summed E-state index contributed by atoms with van der Waals surface area (Å²) < 4.78 is 66.8. The molecule has 4 rings (SSSR count). The first-order valence-electron chi connectivity index (χ1n) is 17.3. The molecule has 1 aromatic rings. The number of carbonyl (C=O) groups is 1. The maximum Gasteiger partial charge on any atom is 0.305 e. The Kier molecular flexibility index (Phi) is 14.0. The van der Waals surface area contributed by atoms with Gasteiger partial charge in [0.25, 0.3) is 0 Å². The van der Waals surface area contributed by atoms with Crippen molar-refractivity contribution >= 4 is 27.9 Å². The van der Waals surface area contributed by atoms with Gasteiger partial charge in [-0.15, -0.1) is 0 Å². The highest BCUT2D eigenvalue weighted by Crippen LogP contribution is 2.50. The van der Waals surface area contributed by atoms with Crippen LogP contribution in [0.15, 0.2) is 69.6 Å². The van der Waals surface area contributed by atoms with Crippen molar-refractivity contribution in [3.8, 4) is 11.3 Å². The minimum absolute atomic E-state index is 0.0566. The first-order valence-corrected chi connectivity index (χ1v) is 18.7. The van der Waals surface area contributed by atoms with Crippen LogP contribution in [0.3, 0.4) is 0 Å². The smallest absolute Gasteiger partial charge is 0.305 e. The number of hydrogen-bond donors (Lipinski definition) is 1. The molecule has 1 aliphatic carbocycles. The number of benzene rings is 2. The van der Waals surface area contributed by atoms with Gasteiger partial charge in [0.1, 0.15) is 34.9 Å². The van der Waals surface area contributed by atoms with Crippen molar-refractivity contribution in [3.63, 3.8) is 0 Å². The van der Waals surface area contributed by atoms with E-state index in [-0.39, 0.29) is 29.9 Å². The zero-order chi connectivity index (χ0) is 38.1. The van der Waals surface area contributed by atoms with E-state index in [1.54, 1.807) is 27.4 Å². The first-order chi connectivity index (χ1) is 24.6. The molecule has 0 saturated heterocycles. The third kappa shape index (κ3) is 9.97. The highest BCUT2D eigenvalue weighted by molar-refractivity contribution is 7.85. The van der Waals surface area contributed by atoms with Crippen molar-refractivity contribution in [1.29, 1.82) is 0 Å². The van der Waals surface area contributed by atoms with Crippen LogP contribution in [0.4, 0.5) is 5.69 Å². The van der Waals surface area contributed by atoms with Gasteiger partial charge in [0.2, 0.25) is 5.36 Å². The lowest BCUT2D eigenvalue weighted by Gasteiger charge is -2.30. The molecule has 12 nitrogen and oxygen atoms in total. The maximum atomic E-state index is 12.1. The number of hydrogen-bond acceptors (Lipinski definition) is 10. The van der Waals surface area contributed by atoms with Crippen molar-refractivity contribution < 1.29 is 46.2 Å². The fourth-order valence-electron chi connectivity index (χ4n) is 6.52. The van der Waals surface area contributed by atoms with Crippen molar-refractivity contribution in [2.24, 2.45) is 0 Å². The molecule has 3 aliphatic rings. The van der Waals surface area contributed by atoms with Gasteiger partial charge in [-0.25, -0.2) is 13.0 Å². The SMILES string of the molecule is COCC[N+](CCOC)=c1ccc2c(C(C)(C)C)cc(/C=C/C=C3/N(CCOCCC(=O)O)c4ccc(S(=O)(=O)[O-])cc4C3(C)CCOC)oc-2c1. The molecular weight excluding hydrogens is 689 g/mol. The molecule has 0 spiro atoms.